The molecule has 0 saturated carbocycles. The monoisotopic (exact) mass is 366 g/mol. The van der Waals surface area contributed by atoms with Crippen molar-refractivity contribution in [2.45, 2.75) is 0 Å². The maximum absolute atomic E-state index is 7.95. The van der Waals surface area contributed by atoms with E-state index in [0.717, 1.165) is 38.6 Å². The van der Waals surface area contributed by atoms with Crippen LogP contribution in [0.25, 0.3) is 44.2 Å². The van der Waals surface area contributed by atoms with E-state index in [1.165, 1.54) is 0 Å². The molecule has 0 unspecified atom stereocenters. The minimum Gasteiger partial charge on any atom is -0.497 e. The molecule has 2 aliphatic rings. The Morgan fingerprint density at radius 3 is 2.54 bits per heavy atom. The number of benzene rings is 4. The standard InChI is InChI=1S/C24H18N2O2/c1-27-19-7-4-14-10-16(3-2-15(14)11-19)24-20-8-5-17(25)12-22(20)28-23-13-18(26)6-9-21(23)24/h2-13,25H,26H2,1H3. The molecule has 0 amide bonds. The quantitative estimate of drug-likeness (QED) is 0.323. The fourth-order valence-electron chi connectivity index (χ4n) is 3.72. The van der Waals surface area contributed by atoms with Gasteiger partial charge in [-0.1, -0.05) is 18.2 Å². The molecule has 28 heavy (non-hydrogen) atoms. The maximum atomic E-state index is 7.95. The highest BCUT2D eigenvalue weighted by Gasteiger charge is 2.17. The highest BCUT2D eigenvalue weighted by atomic mass is 16.5. The molecule has 0 aromatic heterocycles. The van der Waals surface area contributed by atoms with E-state index in [9.17, 15) is 0 Å². The summed E-state index contributed by atoms with van der Waals surface area (Å²) in [6, 6.07) is 23.6. The van der Waals surface area contributed by atoms with Crippen LogP contribution < -0.4 is 15.8 Å². The largest absolute Gasteiger partial charge is 0.497 e. The summed E-state index contributed by atoms with van der Waals surface area (Å²) in [5.74, 6) is 1.52. The van der Waals surface area contributed by atoms with Crippen molar-refractivity contribution in [3.8, 4) is 28.2 Å². The van der Waals surface area contributed by atoms with E-state index in [0.29, 0.717) is 22.4 Å². The predicted octanol–water partition coefficient (Wildman–Crippen LogP) is 5.43. The lowest BCUT2D eigenvalue weighted by Crippen LogP contribution is -2.00. The van der Waals surface area contributed by atoms with Gasteiger partial charge in [-0.2, -0.15) is 0 Å². The van der Waals surface area contributed by atoms with Crippen LogP contribution in [0.5, 0.6) is 5.75 Å². The molecule has 0 spiro atoms. The third-order valence-electron chi connectivity index (χ3n) is 5.08. The van der Waals surface area contributed by atoms with Gasteiger partial charge in [-0.05, 0) is 58.8 Å². The zero-order chi connectivity index (χ0) is 19.3. The van der Waals surface area contributed by atoms with E-state index < -0.39 is 0 Å². The second-order valence-electron chi connectivity index (χ2n) is 6.87. The van der Waals surface area contributed by atoms with Crippen molar-refractivity contribution >= 4 is 27.4 Å². The van der Waals surface area contributed by atoms with Crippen LogP contribution in [0.4, 0.5) is 5.69 Å². The molecule has 3 N–H and O–H groups in total. The van der Waals surface area contributed by atoms with Crippen LogP contribution in [0.1, 0.15) is 0 Å². The smallest absolute Gasteiger partial charge is 0.137 e. The van der Waals surface area contributed by atoms with E-state index in [-0.39, 0.29) is 0 Å². The molecule has 136 valence electrons. The zero-order valence-electron chi connectivity index (χ0n) is 15.3. The lowest BCUT2D eigenvalue weighted by Gasteiger charge is -2.16. The van der Waals surface area contributed by atoms with Crippen molar-refractivity contribution in [3.63, 3.8) is 0 Å². The summed E-state index contributed by atoms with van der Waals surface area (Å²) >= 11 is 0. The number of hydrogen-bond acceptors (Lipinski definition) is 4. The van der Waals surface area contributed by atoms with Gasteiger partial charge in [-0.25, -0.2) is 0 Å². The van der Waals surface area contributed by atoms with Crippen molar-refractivity contribution in [2.75, 3.05) is 12.8 Å². The summed E-state index contributed by atoms with van der Waals surface area (Å²) in [7, 11) is 1.67. The number of nitrogens with one attached hydrogen (secondary N) is 1. The molecule has 0 atom stereocenters. The average molecular weight is 366 g/mol. The first-order valence-electron chi connectivity index (χ1n) is 9.01. The normalized spacial score (nSPS) is 11.3. The Bertz CT molecular complexity index is 1390. The maximum Gasteiger partial charge on any atom is 0.137 e. The minimum atomic E-state index is 0.413. The molecular weight excluding hydrogens is 348 g/mol. The highest BCUT2D eigenvalue weighted by Crippen LogP contribution is 2.41. The number of ether oxygens (including phenoxy) is 1. The van der Waals surface area contributed by atoms with Gasteiger partial charge in [-0.15, -0.1) is 0 Å². The Hall–Kier alpha value is -3.79. The van der Waals surface area contributed by atoms with Crippen LogP contribution in [-0.4, -0.2) is 7.11 Å². The van der Waals surface area contributed by atoms with Crippen molar-refractivity contribution in [3.05, 3.63) is 78.2 Å². The van der Waals surface area contributed by atoms with Crippen LogP contribution in [0.3, 0.4) is 0 Å². The number of methoxy groups -OCH3 is 1. The summed E-state index contributed by atoms with van der Waals surface area (Å²) in [6.45, 7) is 0. The highest BCUT2D eigenvalue weighted by molar-refractivity contribution is 6.04. The Morgan fingerprint density at radius 2 is 1.68 bits per heavy atom. The fraction of sp³-hybridized carbons (Fsp3) is 0.0417. The number of anilines is 1. The predicted molar refractivity (Wildman–Crippen MR) is 113 cm³/mol. The molecule has 0 radical (unpaired) electrons. The van der Waals surface area contributed by atoms with Gasteiger partial charge in [0.1, 0.15) is 17.1 Å². The summed E-state index contributed by atoms with van der Waals surface area (Å²) in [5.41, 5.74) is 10.5. The Balaban J connectivity index is 1.86. The topological polar surface area (TPSA) is 72.2 Å². The number of rotatable bonds is 2. The molecular formula is C24H18N2O2. The van der Waals surface area contributed by atoms with Crippen molar-refractivity contribution in [2.24, 2.45) is 0 Å². The molecule has 4 heteroatoms. The van der Waals surface area contributed by atoms with Crippen LogP contribution in [0, 0.1) is 5.41 Å². The van der Waals surface area contributed by atoms with Gasteiger partial charge >= 0.3 is 0 Å². The first-order valence-corrected chi connectivity index (χ1v) is 9.01. The van der Waals surface area contributed by atoms with Crippen molar-refractivity contribution in [1.82, 2.24) is 0 Å². The van der Waals surface area contributed by atoms with E-state index in [2.05, 4.69) is 24.3 Å². The fourth-order valence-corrected chi connectivity index (χ4v) is 3.72. The number of nitrogens with two attached hydrogens (primary N) is 1. The van der Waals surface area contributed by atoms with Crippen molar-refractivity contribution in [1.29, 1.82) is 5.41 Å². The molecule has 1 aliphatic carbocycles. The zero-order valence-corrected chi connectivity index (χ0v) is 15.3. The molecule has 3 aromatic rings. The molecule has 3 aromatic carbocycles. The summed E-state index contributed by atoms with van der Waals surface area (Å²) in [6.07, 6.45) is 0. The first kappa shape index (κ1) is 16.4. The van der Waals surface area contributed by atoms with E-state index >= 15 is 0 Å². The number of fused-ring (bicyclic) bond motifs is 3. The SMILES string of the molecule is COc1ccc2cc(-c3c4ccc(=N)cc-4oc4cc(N)ccc34)ccc2c1. The number of nitrogen functional groups attached to an aromatic ring is 1. The third-order valence-corrected chi connectivity index (χ3v) is 5.08. The Labute approximate surface area is 161 Å². The third kappa shape index (κ3) is 2.58. The lowest BCUT2D eigenvalue weighted by atomic mass is 9.92. The summed E-state index contributed by atoms with van der Waals surface area (Å²) in [5, 5.41) is 11.6. The Kier molecular flexibility index (Phi) is 3.59. The van der Waals surface area contributed by atoms with E-state index in [1.807, 2.05) is 36.4 Å². The van der Waals surface area contributed by atoms with Gasteiger partial charge in [0.05, 0.1) is 12.5 Å². The van der Waals surface area contributed by atoms with Crippen LogP contribution in [-0.2, 0) is 0 Å². The van der Waals surface area contributed by atoms with Gasteiger partial charge in [0.25, 0.3) is 0 Å². The Morgan fingerprint density at radius 1 is 0.857 bits per heavy atom. The first-order chi connectivity index (χ1) is 13.6. The van der Waals surface area contributed by atoms with Gasteiger partial charge in [-0.3, -0.25) is 0 Å². The van der Waals surface area contributed by atoms with Gasteiger partial charge in [0, 0.05) is 34.3 Å². The second kappa shape index (κ2) is 6.13. The van der Waals surface area contributed by atoms with Crippen molar-refractivity contribution < 1.29 is 9.15 Å². The van der Waals surface area contributed by atoms with Crippen LogP contribution >= 0.6 is 0 Å². The average Bonchev–Trinajstić information content (AvgIpc) is 2.71. The van der Waals surface area contributed by atoms with E-state index in [1.54, 1.807) is 19.2 Å². The molecule has 0 saturated heterocycles. The summed E-state index contributed by atoms with van der Waals surface area (Å²) < 4.78 is 11.4. The molecule has 4 nitrogen and oxygen atoms in total. The molecule has 0 bridgehead atoms. The minimum absolute atomic E-state index is 0.413. The molecule has 1 heterocycles. The summed E-state index contributed by atoms with van der Waals surface area (Å²) in [4.78, 5) is 0. The van der Waals surface area contributed by atoms with Crippen LogP contribution in [0.15, 0.2) is 77.2 Å². The van der Waals surface area contributed by atoms with Gasteiger partial charge < -0.3 is 20.3 Å². The lowest BCUT2D eigenvalue weighted by molar-refractivity contribution is 0.415. The van der Waals surface area contributed by atoms with Crippen LogP contribution in [0.2, 0.25) is 0 Å². The van der Waals surface area contributed by atoms with Gasteiger partial charge in [0.15, 0.2) is 0 Å². The molecule has 5 rings (SSSR count). The van der Waals surface area contributed by atoms with E-state index in [4.69, 9.17) is 20.3 Å². The second-order valence-corrected chi connectivity index (χ2v) is 6.87. The molecule has 1 aliphatic heterocycles. The van der Waals surface area contributed by atoms with Gasteiger partial charge in [0.2, 0.25) is 0 Å². The number of hydrogen-bond donors (Lipinski definition) is 2. The molecule has 0 fully saturated rings.